The zero-order valence-electron chi connectivity index (χ0n) is 10.7. The Balaban J connectivity index is 0. The van der Waals surface area contributed by atoms with Crippen LogP contribution in [-0.4, -0.2) is 28.5 Å². The van der Waals surface area contributed by atoms with Gasteiger partial charge in [0.15, 0.2) is 0 Å². The van der Waals surface area contributed by atoms with Gasteiger partial charge in [0.05, 0.1) is 0 Å². The van der Waals surface area contributed by atoms with Gasteiger partial charge < -0.3 is 20.7 Å². The summed E-state index contributed by atoms with van der Waals surface area (Å²) < 4.78 is 11.2. The first-order chi connectivity index (χ1) is 6.61. The standard InChI is InChI=1S/C10H25NO2Si.H3N/c1-5-12-14(13-6-2)8-7-9(3)10(4)11;/h9-10,14H,5-8,11H2,1-4H3;1H3. The lowest BCUT2D eigenvalue weighted by Gasteiger charge is -2.19. The lowest BCUT2D eigenvalue weighted by Crippen LogP contribution is -2.28. The van der Waals surface area contributed by atoms with Gasteiger partial charge in [-0.25, -0.2) is 0 Å². The van der Waals surface area contributed by atoms with E-state index in [-0.39, 0.29) is 12.2 Å². The van der Waals surface area contributed by atoms with E-state index >= 15 is 0 Å². The van der Waals surface area contributed by atoms with E-state index in [9.17, 15) is 0 Å². The number of rotatable bonds is 8. The van der Waals surface area contributed by atoms with Crippen LogP contribution in [0, 0.1) is 5.92 Å². The first-order valence-electron chi connectivity index (χ1n) is 5.60. The second kappa shape index (κ2) is 10.6. The van der Waals surface area contributed by atoms with Crippen molar-refractivity contribution in [2.75, 3.05) is 13.2 Å². The summed E-state index contributed by atoms with van der Waals surface area (Å²) in [7, 11) is -1.39. The quantitative estimate of drug-likeness (QED) is 0.630. The molecule has 0 rings (SSSR count). The van der Waals surface area contributed by atoms with Gasteiger partial charge in [-0.05, 0) is 39.2 Å². The molecular formula is C10H28N2O2Si. The molecule has 0 saturated heterocycles. The van der Waals surface area contributed by atoms with Gasteiger partial charge >= 0.3 is 9.28 Å². The van der Waals surface area contributed by atoms with Crippen LogP contribution in [0.4, 0.5) is 0 Å². The number of hydrogen-bond donors (Lipinski definition) is 2. The molecule has 0 fully saturated rings. The molecule has 0 aliphatic heterocycles. The van der Waals surface area contributed by atoms with E-state index < -0.39 is 9.28 Å². The van der Waals surface area contributed by atoms with Crippen LogP contribution in [0.2, 0.25) is 6.04 Å². The normalized spacial score (nSPS) is 14.8. The summed E-state index contributed by atoms with van der Waals surface area (Å²) in [5.74, 6) is 0.561. The Morgan fingerprint density at radius 3 is 1.93 bits per heavy atom. The van der Waals surface area contributed by atoms with Gasteiger partial charge in [-0.3, -0.25) is 0 Å². The fourth-order valence-corrected chi connectivity index (χ4v) is 3.22. The Bertz CT molecular complexity index is 131. The molecule has 0 aromatic carbocycles. The highest BCUT2D eigenvalue weighted by atomic mass is 28.3. The minimum absolute atomic E-state index is 0. The molecule has 0 aromatic rings. The molecule has 0 amide bonds. The molecular weight excluding hydrogens is 208 g/mol. The maximum atomic E-state index is 5.80. The largest absolute Gasteiger partial charge is 0.397 e. The van der Waals surface area contributed by atoms with E-state index in [1.165, 1.54) is 0 Å². The lowest BCUT2D eigenvalue weighted by atomic mass is 10.0. The Kier molecular flexibility index (Phi) is 12.3. The number of nitrogens with two attached hydrogens (primary N) is 1. The van der Waals surface area contributed by atoms with Gasteiger partial charge in [-0.1, -0.05) is 6.92 Å². The van der Waals surface area contributed by atoms with Crippen molar-refractivity contribution in [3.63, 3.8) is 0 Å². The molecule has 5 N–H and O–H groups in total. The molecule has 0 radical (unpaired) electrons. The first kappa shape index (κ1) is 17.5. The van der Waals surface area contributed by atoms with Crippen molar-refractivity contribution in [1.29, 1.82) is 0 Å². The SMILES string of the molecule is CCO[SiH](CCC(C)C(C)N)OCC.N. The third-order valence-electron chi connectivity index (χ3n) is 2.46. The molecule has 0 saturated carbocycles. The minimum Gasteiger partial charge on any atom is -0.397 e. The summed E-state index contributed by atoms with van der Waals surface area (Å²) in [5, 5.41) is 0. The second-order valence-corrected chi connectivity index (χ2v) is 5.86. The third kappa shape index (κ3) is 9.01. The van der Waals surface area contributed by atoms with Gasteiger partial charge in [0.25, 0.3) is 0 Å². The van der Waals surface area contributed by atoms with E-state index in [1.807, 2.05) is 13.8 Å². The predicted molar refractivity (Wildman–Crippen MR) is 67.7 cm³/mol. The van der Waals surface area contributed by atoms with Crippen molar-refractivity contribution in [3.05, 3.63) is 0 Å². The van der Waals surface area contributed by atoms with Crippen LogP contribution in [-0.2, 0) is 8.85 Å². The molecule has 0 aliphatic carbocycles. The van der Waals surface area contributed by atoms with Crippen molar-refractivity contribution in [2.24, 2.45) is 11.7 Å². The van der Waals surface area contributed by atoms with Crippen molar-refractivity contribution in [3.8, 4) is 0 Å². The molecule has 15 heavy (non-hydrogen) atoms. The molecule has 0 aromatic heterocycles. The summed E-state index contributed by atoms with van der Waals surface area (Å²) in [6.45, 7) is 9.82. The predicted octanol–water partition coefficient (Wildman–Crippen LogP) is 1.82. The summed E-state index contributed by atoms with van der Waals surface area (Å²) in [4.78, 5) is 0. The average molecular weight is 236 g/mol. The van der Waals surface area contributed by atoms with Crippen LogP contribution in [0.25, 0.3) is 0 Å². The zero-order chi connectivity index (χ0) is 11.0. The van der Waals surface area contributed by atoms with Gasteiger partial charge in [0.1, 0.15) is 0 Å². The maximum Gasteiger partial charge on any atom is 0.321 e. The number of hydrogen-bond acceptors (Lipinski definition) is 4. The van der Waals surface area contributed by atoms with Gasteiger partial charge in [0, 0.05) is 19.3 Å². The van der Waals surface area contributed by atoms with Crippen molar-refractivity contribution in [2.45, 2.75) is 46.2 Å². The van der Waals surface area contributed by atoms with E-state index in [1.54, 1.807) is 0 Å². The highest BCUT2D eigenvalue weighted by molar-refractivity contribution is 6.44. The molecule has 0 aliphatic rings. The zero-order valence-corrected chi connectivity index (χ0v) is 11.8. The average Bonchev–Trinajstić information content (AvgIpc) is 2.14. The van der Waals surface area contributed by atoms with E-state index in [2.05, 4.69) is 13.8 Å². The van der Waals surface area contributed by atoms with Crippen LogP contribution >= 0.6 is 0 Å². The second-order valence-electron chi connectivity index (χ2n) is 3.75. The smallest absolute Gasteiger partial charge is 0.321 e. The van der Waals surface area contributed by atoms with Crippen molar-refractivity contribution in [1.82, 2.24) is 6.15 Å². The van der Waals surface area contributed by atoms with Gasteiger partial charge in [0.2, 0.25) is 0 Å². The fraction of sp³-hybridized carbons (Fsp3) is 1.00. The summed E-state index contributed by atoms with van der Waals surface area (Å²) in [6.07, 6.45) is 1.12. The molecule has 94 valence electrons. The van der Waals surface area contributed by atoms with Gasteiger partial charge in [-0.2, -0.15) is 0 Å². The molecule has 0 spiro atoms. The monoisotopic (exact) mass is 236 g/mol. The maximum absolute atomic E-state index is 5.80. The van der Waals surface area contributed by atoms with Crippen molar-refractivity contribution < 1.29 is 8.85 Å². The first-order valence-corrected chi connectivity index (χ1v) is 7.36. The Morgan fingerprint density at radius 1 is 1.13 bits per heavy atom. The van der Waals surface area contributed by atoms with Crippen LogP contribution in [0.5, 0.6) is 0 Å². The molecule has 2 unspecified atom stereocenters. The summed E-state index contributed by atoms with van der Waals surface area (Å²) in [5.41, 5.74) is 5.80. The van der Waals surface area contributed by atoms with E-state index in [0.29, 0.717) is 5.92 Å². The van der Waals surface area contributed by atoms with E-state index in [4.69, 9.17) is 14.6 Å². The highest BCUT2D eigenvalue weighted by Gasteiger charge is 2.15. The molecule has 0 heterocycles. The fourth-order valence-electron chi connectivity index (χ4n) is 1.25. The summed E-state index contributed by atoms with van der Waals surface area (Å²) >= 11 is 0. The van der Waals surface area contributed by atoms with Crippen LogP contribution in [0.3, 0.4) is 0 Å². The molecule has 0 bridgehead atoms. The Labute approximate surface area is 96.0 Å². The van der Waals surface area contributed by atoms with Crippen LogP contribution < -0.4 is 11.9 Å². The third-order valence-corrected chi connectivity index (χ3v) is 4.68. The Hall–Kier alpha value is 0.0569. The molecule has 5 heteroatoms. The topological polar surface area (TPSA) is 79.5 Å². The Morgan fingerprint density at radius 2 is 1.60 bits per heavy atom. The summed E-state index contributed by atoms with van der Waals surface area (Å²) in [6, 6.07) is 1.35. The minimum atomic E-state index is -1.39. The molecule has 2 atom stereocenters. The van der Waals surface area contributed by atoms with Crippen LogP contribution in [0.15, 0.2) is 0 Å². The van der Waals surface area contributed by atoms with Crippen LogP contribution in [0.1, 0.15) is 34.1 Å². The molecule has 4 nitrogen and oxygen atoms in total. The van der Waals surface area contributed by atoms with E-state index in [0.717, 1.165) is 25.7 Å². The highest BCUT2D eigenvalue weighted by Crippen LogP contribution is 2.12. The lowest BCUT2D eigenvalue weighted by molar-refractivity contribution is 0.210. The van der Waals surface area contributed by atoms with Crippen molar-refractivity contribution >= 4 is 9.28 Å². The van der Waals surface area contributed by atoms with Gasteiger partial charge in [-0.15, -0.1) is 0 Å².